The van der Waals surface area contributed by atoms with Crippen LogP contribution in [0.4, 0.5) is 0 Å². The maximum atomic E-state index is 12.4. The van der Waals surface area contributed by atoms with Crippen molar-refractivity contribution in [2.45, 2.75) is 35.9 Å². The van der Waals surface area contributed by atoms with Gasteiger partial charge in [0.2, 0.25) is 15.9 Å². The minimum Gasteiger partial charge on any atom is -0.390 e. The van der Waals surface area contributed by atoms with Gasteiger partial charge in [-0.2, -0.15) is 0 Å². The summed E-state index contributed by atoms with van der Waals surface area (Å²) in [5, 5.41) is 13.2. The van der Waals surface area contributed by atoms with Crippen molar-refractivity contribution in [1.82, 2.24) is 14.9 Å². The van der Waals surface area contributed by atoms with Crippen LogP contribution in [0.15, 0.2) is 35.2 Å². The molecule has 1 aromatic rings. The molecule has 0 aromatic heterocycles. The molecule has 23 heavy (non-hydrogen) atoms. The molecule has 2 aliphatic rings. The molecular weight excluding hydrogens is 318 g/mol. The summed E-state index contributed by atoms with van der Waals surface area (Å²) in [7, 11) is -3.65. The highest BCUT2D eigenvalue weighted by Crippen LogP contribution is 2.26. The molecule has 1 aliphatic heterocycles. The number of carbonyl (C=O) groups is 1. The van der Waals surface area contributed by atoms with Crippen LogP contribution in [0.2, 0.25) is 0 Å². The molecule has 1 amide bonds. The first-order valence-corrected chi connectivity index (χ1v) is 9.22. The molecule has 0 spiro atoms. The number of sulfonamides is 1. The van der Waals surface area contributed by atoms with Gasteiger partial charge in [-0.05, 0) is 25.0 Å². The average Bonchev–Trinajstić information content (AvgIpc) is 2.89. The summed E-state index contributed by atoms with van der Waals surface area (Å²) in [6, 6.07) is 7.40. The first kappa shape index (κ1) is 16.4. The number of nitrogens with one attached hydrogen (secondary N) is 2. The van der Waals surface area contributed by atoms with Crippen molar-refractivity contribution in [3.8, 4) is 0 Å². The largest absolute Gasteiger partial charge is 0.390 e. The summed E-state index contributed by atoms with van der Waals surface area (Å²) < 4.78 is 27.3. The summed E-state index contributed by atoms with van der Waals surface area (Å²) in [4.78, 5) is 13.6. The van der Waals surface area contributed by atoms with Crippen LogP contribution in [0.3, 0.4) is 0 Å². The second kappa shape index (κ2) is 6.56. The van der Waals surface area contributed by atoms with E-state index in [1.165, 1.54) is 12.1 Å². The third kappa shape index (κ3) is 3.55. The van der Waals surface area contributed by atoms with E-state index < -0.39 is 22.2 Å². The standard InChI is InChI=1S/C15H21N3O4S/c19-14-10-18(9-8-16-14)13-7-6-12(15(13)20)17-23(21,22)11-4-2-1-3-5-11/h1-5,12-13,15,17,20H,6-10H2,(H,16,19)/t12-,13-,15-/m1/s1. The van der Waals surface area contributed by atoms with Crippen LogP contribution in [-0.4, -0.2) is 62.2 Å². The molecule has 7 nitrogen and oxygen atoms in total. The smallest absolute Gasteiger partial charge is 0.240 e. The van der Waals surface area contributed by atoms with Gasteiger partial charge in [-0.25, -0.2) is 13.1 Å². The van der Waals surface area contributed by atoms with Crippen molar-refractivity contribution in [3.05, 3.63) is 30.3 Å². The van der Waals surface area contributed by atoms with Crippen molar-refractivity contribution in [2.75, 3.05) is 19.6 Å². The van der Waals surface area contributed by atoms with Gasteiger partial charge < -0.3 is 10.4 Å². The topological polar surface area (TPSA) is 98.7 Å². The quantitative estimate of drug-likeness (QED) is 0.673. The van der Waals surface area contributed by atoms with Gasteiger partial charge in [-0.1, -0.05) is 18.2 Å². The second-order valence-corrected chi connectivity index (χ2v) is 7.71. The SMILES string of the molecule is O=C1CN([C@@H]2CC[C@@H](NS(=O)(=O)c3ccccc3)[C@H]2O)CCN1. The number of amides is 1. The Kier molecular flexibility index (Phi) is 4.67. The second-order valence-electron chi connectivity index (χ2n) is 6.00. The molecule has 126 valence electrons. The van der Waals surface area contributed by atoms with Gasteiger partial charge in [0.1, 0.15) is 0 Å². The molecule has 1 saturated carbocycles. The van der Waals surface area contributed by atoms with Gasteiger partial charge in [0.05, 0.1) is 17.5 Å². The summed E-state index contributed by atoms with van der Waals surface area (Å²) in [5.74, 6) is -0.0585. The number of nitrogens with zero attached hydrogens (tertiary/aromatic N) is 1. The minimum atomic E-state index is -3.65. The van der Waals surface area contributed by atoms with E-state index in [0.717, 1.165) is 0 Å². The molecule has 1 heterocycles. The lowest BCUT2D eigenvalue weighted by Crippen LogP contribution is -2.55. The van der Waals surface area contributed by atoms with E-state index >= 15 is 0 Å². The van der Waals surface area contributed by atoms with Crippen LogP contribution in [0.25, 0.3) is 0 Å². The fourth-order valence-corrected chi connectivity index (χ4v) is 4.60. The summed E-state index contributed by atoms with van der Waals surface area (Å²) in [6.07, 6.45) is 0.395. The normalized spacial score (nSPS) is 29.4. The molecule has 3 atom stereocenters. The van der Waals surface area contributed by atoms with Crippen LogP contribution in [0, 0.1) is 0 Å². The zero-order valence-electron chi connectivity index (χ0n) is 12.7. The lowest BCUT2D eigenvalue weighted by atomic mass is 10.1. The summed E-state index contributed by atoms with van der Waals surface area (Å²) >= 11 is 0. The Morgan fingerprint density at radius 3 is 2.65 bits per heavy atom. The highest BCUT2D eigenvalue weighted by atomic mass is 32.2. The van der Waals surface area contributed by atoms with Crippen molar-refractivity contribution < 1.29 is 18.3 Å². The van der Waals surface area contributed by atoms with Crippen molar-refractivity contribution in [1.29, 1.82) is 0 Å². The Labute approximate surface area is 135 Å². The Hall–Kier alpha value is -1.48. The van der Waals surface area contributed by atoms with Crippen LogP contribution in [-0.2, 0) is 14.8 Å². The molecule has 0 radical (unpaired) electrons. The number of hydrogen-bond donors (Lipinski definition) is 3. The van der Waals surface area contributed by atoms with E-state index in [-0.39, 0.29) is 23.4 Å². The third-order valence-corrected chi connectivity index (χ3v) is 5.98. The number of piperazine rings is 1. The Morgan fingerprint density at radius 2 is 1.96 bits per heavy atom. The predicted octanol–water partition coefficient (Wildman–Crippen LogP) is -0.711. The molecule has 2 fully saturated rings. The number of rotatable bonds is 4. The zero-order valence-corrected chi connectivity index (χ0v) is 13.5. The van der Waals surface area contributed by atoms with Gasteiger partial charge in [0, 0.05) is 25.2 Å². The zero-order chi connectivity index (χ0) is 16.4. The predicted molar refractivity (Wildman–Crippen MR) is 84.2 cm³/mol. The highest BCUT2D eigenvalue weighted by Gasteiger charge is 2.41. The molecule has 3 rings (SSSR count). The van der Waals surface area contributed by atoms with Crippen LogP contribution in [0.5, 0.6) is 0 Å². The molecule has 1 aromatic carbocycles. The maximum absolute atomic E-state index is 12.4. The Balaban J connectivity index is 1.67. The van der Waals surface area contributed by atoms with E-state index in [1.54, 1.807) is 18.2 Å². The van der Waals surface area contributed by atoms with Crippen LogP contribution in [0.1, 0.15) is 12.8 Å². The highest BCUT2D eigenvalue weighted by molar-refractivity contribution is 7.89. The molecule has 8 heteroatoms. The molecule has 0 bridgehead atoms. The van der Waals surface area contributed by atoms with Gasteiger partial charge in [-0.15, -0.1) is 0 Å². The van der Waals surface area contributed by atoms with Crippen molar-refractivity contribution >= 4 is 15.9 Å². The van der Waals surface area contributed by atoms with Crippen molar-refractivity contribution in [3.63, 3.8) is 0 Å². The van der Waals surface area contributed by atoms with Crippen LogP contribution >= 0.6 is 0 Å². The van der Waals surface area contributed by atoms with Gasteiger partial charge in [0.25, 0.3) is 0 Å². The molecular formula is C15H21N3O4S. The lowest BCUT2D eigenvalue weighted by Gasteiger charge is -2.34. The van der Waals surface area contributed by atoms with E-state index in [1.807, 2.05) is 4.90 Å². The minimum absolute atomic E-state index is 0.0585. The number of aliphatic hydroxyl groups is 1. The molecule has 1 saturated heterocycles. The van der Waals surface area contributed by atoms with Gasteiger partial charge in [-0.3, -0.25) is 9.69 Å². The van der Waals surface area contributed by atoms with E-state index in [0.29, 0.717) is 25.9 Å². The molecule has 0 unspecified atom stereocenters. The first-order valence-electron chi connectivity index (χ1n) is 7.73. The Morgan fingerprint density at radius 1 is 1.22 bits per heavy atom. The van der Waals surface area contributed by atoms with Crippen LogP contribution < -0.4 is 10.0 Å². The summed E-state index contributed by atoms with van der Waals surface area (Å²) in [5.41, 5.74) is 0. The summed E-state index contributed by atoms with van der Waals surface area (Å²) in [6.45, 7) is 1.48. The Bertz CT molecular complexity index is 665. The van der Waals surface area contributed by atoms with Gasteiger partial charge >= 0.3 is 0 Å². The fourth-order valence-electron chi connectivity index (χ4n) is 3.30. The third-order valence-electron chi connectivity index (χ3n) is 4.48. The van der Waals surface area contributed by atoms with E-state index in [9.17, 15) is 18.3 Å². The molecule has 1 aliphatic carbocycles. The number of aliphatic hydroxyl groups excluding tert-OH is 1. The average molecular weight is 339 g/mol. The number of benzene rings is 1. The molecule has 3 N–H and O–H groups in total. The number of carbonyl (C=O) groups excluding carboxylic acids is 1. The van der Waals surface area contributed by atoms with E-state index in [4.69, 9.17) is 0 Å². The monoisotopic (exact) mass is 339 g/mol. The van der Waals surface area contributed by atoms with Gasteiger partial charge in [0.15, 0.2) is 0 Å². The van der Waals surface area contributed by atoms with Crippen molar-refractivity contribution in [2.24, 2.45) is 0 Å². The van der Waals surface area contributed by atoms with E-state index in [2.05, 4.69) is 10.0 Å². The lowest BCUT2D eigenvalue weighted by molar-refractivity contribution is -0.125. The number of hydrogen-bond acceptors (Lipinski definition) is 5. The maximum Gasteiger partial charge on any atom is 0.240 e. The first-order chi connectivity index (χ1) is 11.0. The fraction of sp³-hybridized carbons (Fsp3) is 0.533.